The summed E-state index contributed by atoms with van der Waals surface area (Å²) >= 11 is 0. The molecule has 1 fully saturated rings. The molecule has 0 bridgehead atoms. The van der Waals surface area contributed by atoms with Gasteiger partial charge in [0.1, 0.15) is 10.6 Å². The molecule has 0 aliphatic carbocycles. The predicted molar refractivity (Wildman–Crippen MR) is 87.9 cm³/mol. The highest BCUT2D eigenvalue weighted by atomic mass is 32.2. The minimum absolute atomic E-state index is 0.00447. The summed E-state index contributed by atoms with van der Waals surface area (Å²) in [5.41, 5.74) is -0.589. The number of piperazine rings is 1. The molecule has 0 radical (unpaired) electrons. The van der Waals surface area contributed by atoms with E-state index in [0.717, 1.165) is 16.4 Å². The molecule has 1 aromatic rings. The van der Waals surface area contributed by atoms with E-state index in [4.69, 9.17) is 0 Å². The molecule has 26 heavy (non-hydrogen) atoms. The van der Waals surface area contributed by atoms with Crippen molar-refractivity contribution in [1.82, 2.24) is 9.21 Å². The summed E-state index contributed by atoms with van der Waals surface area (Å²) in [6, 6.07) is 4.62. The molecule has 1 saturated heterocycles. The van der Waals surface area contributed by atoms with Gasteiger partial charge >= 0.3 is 6.36 Å². The second-order valence-corrected chi connectivity index (χ2v) is 8.85. The molecule has 0 spiro atoms. The third-order valence-corrected chi connectivity index (χ3v) is 5.80. The van der Waals surface area contributed by atoms with E-state index in [-0.39, 0.29) is 32.1 Å². The van der Waals surface area contributed by atoms with Gasteiger partial charge in [-0.1, -0.05) is 32.9 Å². The van der Waals surface area contributed by atoms with Crippen molar-refractivity contribution < 1.29 is 31.1 Å². The van der Waals surface area contributed by atoms with Crippen LogP contribution in [0.25, 0.3) is 0 Å². The lowest BCUT2D eigenvalue weighted by Gasteiger charge is -2.37. The standard InChI is InChI=1S/C16H21F3N2O4S/c1-15(2,3)14(22)20-8-10-21(11-9-20)26(23,24)13-7-5-4-6-12(13)25-16(17,18)19/h4-7H,8-11H2,1-3H3. The van der Waals surface area contributed by atoms with Crippen LogP contribution in [-0.2, 0) is 14.8 Å². The zero-order chi connectivity index (χ0) is 19.8. The average molecular weight is 394 g/mol. The molecule has 2 rings (SSSR count). The number of rotatable bonds is 3. The molecule has 0 saturated carbocycles. The molecule has 1 aliphatic rings. The van der Waals surface area contributed by atoms with Gasteiger partial charge in [0.05, 0.1) is 0 Å². The van der Waals surface area contributed by atoms with E-state index in [1.807, 2.05) is 0 Å². The molecular formula is C16H21F3N2O4S. The van der Waals surface area contributed by atoms with E-state index in [1.54, 1.807) is 25.7 Å². The van der Waals surface area contributed by atoms with Crippen molar-refractivity contribution in [3.8, 4) is 5.75 Å². The molecule has 1 amide bonds. The summed E-state index contributed by atoms with van der Waals surface area (Å²) in [4.78, 5) is 13.3. The maximum Gasteiger partial charge on any atom is 0.573 e. The van der Waals surface area contributed by atoms with Crippen LogP contribution < -0.4 is 4.74 Å². The van der Waals surface area contributed by atoms with Gasteiger partial charge in [0.15, 0.2) is 0 Å². The molecule has 1 aliphatic heterocycles. The number of carbonyl (C=O) groups is 1. The number of carbonyl (C=O) groups excluding carboxylic acids is 1. The first-order valence-corrected chi connectivity index (χ1v) is 9.41. The molecule has 1 heterocycles. The van der Waals surface area contributed by atoms with Gasteiger partial charge in [-0.05, 0) is 12.1 Å². The van der Waals surface area contributed by atoms with Crippen molar-refractivity contribution in [1.29, 1.82) is 0 Å². The Bertz CT molecular complexity index is 764. The van der Waals surface area contributed by atoms with Crippen LogP contribution in [0.15, 0.2) is 29.2 Å². The fourth-order valence-electron chi connectivity index (χ4n) is 2.62. The van der Waals surface area contributed by atoms with E-state index >= 15 is 0 Å². The van der Waals surface area contributed by atoms with Crippen LogP contribution in [0.3, 0.4) is 0 Å². The van der Waals surface area contributed by atoms with Crippen molar-refractivity contribution in [2.24, 2.45) is 5.41 Å². The summed E-state index contributed by atoms with van der Waals surface area (Å²) < 4.78 is 68.0. The predicted octanol–water partition coefficient (Wildman–Crippen LogP) is 2.46. The zero-order valence-electron chi connectivity index (χ0n) is 14.7. The van der Waals surface area contributed by atoms with Gasteiger partial charge < -0.3 is 9.64 Å². The zero-order valence-corrected chi connectivity index (χ0v) is 15.5. The van der Waals surface area contributed by atoms with Crippen LogP contribution in [0.1, 0.15) is 20.8 Å². The molecule has 146 valence electrons. The van der Waals surface area contributed by atoms with Crippen LogP contribution in [0.2, 0.25) is 0 Å². The summed E-state index contributed by atoms with van der Waals surface area (Å²) in [7, 11) is -4.18. The first-order chi connectivity index (χ1) is 11.8. The molecule has 1 aromatic carbocycles. The number of alkyl halides is 3. The van der Waals surface area contributed by atoms with Crippen molar-refractivity contribution in [2.45, 2.75) is 32.0 Å². The molecule has 6 nitrogen and oxygen atoms in total. The van der Waals surface area contributed by atoms with E-state index in [9.17, 15) is 26.4 Å². The fourth-order valence-corrected chi connectivity index (χ4v) is 4.15. The Balaban J connectivity index is 2.19. The molecule has 0 atom stereocenters. The summed E-state index contributed by atoms with van der Waals surface area (Å²) in [5.74, 6) is -0.872. The third kappa shape index (κ3) is 4.67. The molecule has 0 N–H and O–H groups in total. The maximum absolute atomic E-state index is 12.7. The van der Waals surface area contributed by atoms with Gasteiger partial charge in [-0.2, -0.15) is 4.31 Å². The van der Waals surface area contributed by atoms with Gasteiger partial charge in [0.25, 0.3) is 0 Å². The van der Waals surface area contributed by atoms with Crippen LogP contribution >= 0.6 is 0 Å². The smallest absolute Gasteiger partial charge is 0.404 e. The number of sulfonamides is 1. The number of benzene rings is 1. The van der Waals surface area contributed by atoms with Crippen LogP contribution in [0, 0.1) is 5.41 Å². The summed E-state index contributed by atoms with van der Waals surface area (Å²) in [6.07, 6.45) is -5.00. The molecule has 10 heteroatoms. The van der Waals surface area contributed by atoms with E-state index in [2.05, 4.69) is 4.74 Å². The third-order valence-electron chi connectivity index (χ3n) is 3.86. The Labute approximate surface area is 150 Å². The van der Waals surface area contributed by atoms with Crippen molar-refractivity contribution in [3.63, 3.8) is 0 Å². The lowest BCUT2D eigenvalue weighted by Crippen LogP contribution is -2.52. The van der Waals surface area contributed by atoms with Gasteiger partial charge in [-0.25, -0.2) is 8.42 Å². The van der Waals surface area contributed by atoms with E-state index in [1.165, 1.54) is 12.1 Å². The van der Waals surface area contributed by atoms with Crippen LogP contribution in [0.5, 0.6) is 5.75 Å². The minimum Gasteiger partial charge on any atom is -0.404 e. The van der Waals surface area contributed by atoms with Crippen molar-refractivity contribution in [2.75, 3.05) is 26.2 Å². The van der Waals surface area contributed by atoms with Gasteiger partial charge in [-0.3, -0.25) is 4.79 Å². The number of amides is 1. The Morgan fingerprint density at radius 2 is 1.58 bits per heavy atom. The van der Waals surface area contributed by atoms with Crippen molar-refractivity contribution >= 4 is 15.9 Å². The summed E-state index contributed by atoms with van der Waals surface area (Å²) in [6.45, 7) is 5.67. The van der Waals surface area contributed by atoms with Gasteiger partial charge in [0, 0.05) is 31.6 Å². The lowest BCUT2D eigenvalue weighted by molar-refractivity contribution is -0.275. The number of hydrogen-bond donors (Lipinski definition) is 0. The minimum atomic E-state index is -5.00. The quantitative estimate of drug-likeness (QED) is 0.790. The fraction of sp³-hybridized carbons (Fsp3) is 0.562. The molecule has 0 unspecified atom stereocenters. The lowest BCUT2D eigenvalue weighted by atomic mass is 9.94. The molecule has 0 aromatic heterocycles. The second kappa shape index (κ2) is 7.07. The number of halogens is 3. The number of nitrogens with zero attached hydrogens (tertiary/aromatic N) is 2. The number of para-hydroxylation sites is 1. The Morgan fingerprint density at radius 3 is 2.08 bits per heavy atom. The first kappa shape index (κ1) is 20.5. The Kier molecular flexibility index (Phi) is 5.57. The van der Waals surface area contributed by atoms with Crippen molar-refractivity contribution in [3.05, 3.63) is 24.3 Å². The number of ether oxygens (including phenoxy) is 1. The highest BCUT2D eigenvalue weighted by molar-refractivity contribution is 7.89. The van der Waals surface area contributed by atoms with E-state index < -0.39 is 32.4 Å². The highest BCUT2D eigenvalue weighted by Gasteiger charge is 2.37. The normalized spacial score (nSPS) is 17.2. The topological polar surface area (TPSA) is 66.9 Å². The second-order valence-electron chi connectivity index (χ2n) is 6.94. The Morgan fingerprint density at radius 1 is 1.04 bits per heavy atom. The van der Waals surface area contributed by atoms with Gasteiger partial charge in [0.2, 0.25) is 15.9 Å². The SMILES string of the molecule is CC(C)(C)C(=O)N1CCN(S(=O)(=O)c2ccccc2OC(F)(F)F)CC1. The maximum atomic E-state index is 12.7. The number of hydrogen-bond acceptors (Lipinski definition) is 4. The van der Waals surface area contributed by atoms with Crippen LogP contribution in [0.4, 0.5) is 13.2 Å². The highest BCUT2D eigenvalue weighted by Crippen LogP contribution is 2.31. The first-order valence-electron chi connectivity index (χ1n) is 7.97. The van der Waals surface area contributed by atoms with Gasteiger partial charge in [-0.15, -0.1) is 13.2 Å². The Hall–Kier alpha value is -1.81. The average Bonchev–Trinajstić information content (AvgIpc) is 2.52. The summed E-state index contributed by atoms with van der Waals surface area (Å²) in [5, 5.41) is 0. The van der Waals surface area contributed by atoms with E-state index in [0.29, 0.717) is 0 Å². The molecular weight excluding hydrogens is 373 g/mol. The largest absolute Gasteiger partial charge is 0.573 e. The monoisotopic (exact) mass is 394 g/mol. The van der Waals surface area contributed by atoms with Crippen LogP contribution in [-0.4, -0.2) is 56.1 Å².